The maximum atomic E-state index is 13.2. The van der Waals surface area contributed by atoms with E-state index in [9.17, 15) is 4.79 Å². The molecule has 2 aromatic carbocycles. The summed E-state index contributed by atoms with van der Waals surface area (Å²) in [5.41, 5.74) is 3.32. The standard InChI is InChI=1S/C31H41N3O2/c1-3-18-32-21-17-27-15-16-28(23-32)34(27)30(26-9-8-10-29(22-26)36-2)24-11-13-25(14-12-24)31(35)33-19-6-4-5-7-20-33/h3,8-14,22,27-28,30H,1,4-7,15-21,23H2,2H3. The van der Waals surface area contributed by atoms with E-state index in [-0.39, 0.29) is 11.9 Å². The lowest BCUT2D eigenvalue weighted by molar-refractivity contribution is 0.0761. The van der Waals surface area contributed by atoms with Crippen LogP contribution in [0.15, 0.2) is 61.2 Å². The summed E-state index contributed by atoms with van der Waals surface area (Å²) in [7, 11) is 1.74. The van der Waals surface area contributed by atoms with E-state index in [1.165, 1.54) is 43.2 Å². The van der Waals surface area contributed by atoms with Gasteiger partial charge in [0.2, 0.25) is 0 Å². The normalized spacial score (nSPS) is 24.1. The van der Waals surface area contributed by atoms with Gasteiger partial charge in [0.05, 0.1) is 13.2 Å². The van der Waals surface area contributed by atoms with Crippen LogP contribution in [-0.4, -0.2) is 72.5 Å². The topological polar surface area (TPSA) is 36.0 Å². The van der Waals surface area contributed by atoms with Crippen LogP contribution in [0.5, 0.6) is 5.75 Å². The molecule has 3 atom stereocenters. The molecule has 5 heteroatoms. The van der Waals surface area contributed by atoms with E-state index in [1.807, 2.05) is 17.0 Å². The first-order valence-corrected chi connectivity index (χ1v) is 13.8. The molecule has 2 bridgehead atoms. The number of hydrogen-bond acceptors (Lipinski definition) is 4. The molecule has 192 valence electrons. The second-order valence-electron chi connectivity index (χ2n) is 10.7. The molecule has 36 heavy (non-hydrogen) atoms. The summed E-state index contributed by atoms with van der Waals surface area (Å²) in [6, 6.07) is 18.2. The summed E-state index contributed by atoms with van der Waals surface area (Å²) in [5, 5.41) is 0. The molecule has 0 saturated carbocycles. The predicted molar refractivity (Wildman–Crippen MR) is 146 cm³/mol. The van der Waals surface area contributed by atoms with Gasteiger partial charge in [0.15, 0.2) is 0 Å². The Labute approximate surface area is 216 Å². The zero-order valence-corrected chi connectivity index (χ0v) is 21.8. The van der Waals surface area contributed by atoms with Crippen LogP contribution in [0.1, 0.15) is 72.5 Å². The van der Waals surface area contributed by atoms with Crippen LogP contribution in [0.25, 0.3) is 0 Å². The lowest BCUT2D eigenvalue weighted by atomic mass is 9.94. The fraction of sp³-hybridized carbons (Fsp3) is 0.516. The van der Waals surface area contributed by atoms with Gasteiger partial charge in [-0.3, -0.25) is 14.6 Å². The number of fused-ring (bicyclic) bond motifs is 2. The molecular weight excluding hydrogens is 446 g/mol. The predicted octanol–water partition coefficient (Wildman–Crippen LogP) is 5.53. The Morgan fingerprint density at radius 1 is 0.972 bits per heavy atom. The van der Waals surface area contributed by atoms with Gasteiger partial charge in [-0.1, -0.05) is 43.2 Å². The first kappa shape index (κ1) is 25.0. The third-order valence-corrected chi connectivity index (χ3v) is 8.39. The number of carbonyl (C=O) groups is 1. The highest BCUT2D eigenvalue weighted by atomic mass is 16.5. The van der Waals surface area contributed by atoms with E-state index in [0.29, 0.717) is 12.1 Å². The zero-order valence-electron chi connectivity index (χ0n) is 21.8. The Bertz CT molecular complexity index is 1030. The van der Waals surface area contributed by atoms with Crippen molar-refractivity contribution in [3.8, 4) is 5.75 Å². The van der Waals surface area contributed by atoms with E-state index in [0.717, 1.165) is 56.9 Å². The first-order chi connectivity index (χ1) is 17.7. The maximum Gasteiger partial charge on any atom is 0.253 e. The first-order valence-electron chi connectivity index (χ1n) is 13.8. The smallest absolute Gasteiger partial charge is 0.253 e. The maximum absolute atomic E-state index is 13.2. The van der Waals surface area contributed by atoms with Gasteiger partial charge in [0, 0.05) is 50.4 Å². The van der Waals surface area contributed by atoms with Crippen molar-refractivity contribution in [1.82, 2.24) is 14.7 Å². The van der Waals surface area contributed by atoms with Gasteiger partial charge in [-0.2, -0.15) is 0 Å². The number of likely N-dealkylation sites (tertiary alicyclic amines) is 2. The van der Waals surface area contributed by atoms with E-state index >= 15 is 0 Å². The van der Waals surface area contributed by atoms with Crippen molar-refractivity contribution in [2.75, 3.05) is 39.8 Å². The zero-order chi connectivity index (χ0) is 24.9. The van der Waals surface area contributed by atoms with Crippen molar-refractivity contribution in [1.29, 1.82) is 0 Å². The van der Waals surface area contributed by atoms with Gasteiger partial charge < -0.3 is 9.64 Å². The number of methoxy groups -OCH3 is 1. The number of carbonyl (C=O) groups excluding carboxylic acids is 1. The largest absolute Gasteiger partial charge is 0.497 e. The number of amides is 1. The van der Waals surface area contributed by atoms with Gasteiger partial charge in [-0.05, 0) is 67.5 Å². The molecule has 3 fully saturated rings. The average molecular weight is 488 g/mol. The number of rotatable bonds is 7. The van der Waals surface area contributed by atoms with Gasteiger partial charge in [0.1, 0.15) is 5.75 Å². The van der Waals surface area contributed by atoms with Gasteiger partial charge in [-0.25, -0.2) is 0 Å². The highest BCUT2D eigenvalue weighted by Gasteiger charge is 2.42. The molecule has 0 radical (unpaired) electrons. The van der Waals surface area contributed by atoms with Gasteiger partial charge in [-0.15, -0.1) is 6.58 Å². The van der Waals surface area contributed by atoms with Crippen LogP contribution in [0.4, 0.5) is 0 Å². The van der Waals surface area contributed by atoms with Crippen LogP contribution >= 0.6 is 0 Å². The van der Waals surface area contributed by atoms with Crippen molar-refractivity contribution >= 4 is 5.91 Å². The molecule has 0 N–H and O–H groups in total. The Morgan fingerprint density at radius 3 is 2.44 bits per heavy atom. The molecule has 3 unspecified atom stereocenters. The third-order valence-electron chi connectivity index (χ3n) is 8.39. The molecule has 0 spiro atoms. The SMILES string of the molecule is C=CCN1CCC2CCC(C1)N2C(c1ccc(C(=O)N2CCCCCC2)cc1)c1cccc(OC)c1. The summed E-state index contributed by atoms with van der Waals surface area (Å²) >= 11 is 0. The summed E-state index contributed by atoms with van der Waals surface area (Å²) in [6.07, 6.45) is 10.4. The van der Waals surface area contributed by atoms with Gasteiger partial charge >= 0.3 is 0 Å². The fourth-order valence-corrected chi connectivity index (χ4v) is 6.56. The molecule has 5 rings (SSSR count). The van der Waals surface area contributed by atoms with E-state index in [2.05, 4.69) is 58.8 Å². The van der Waals surface area contributed by atoms with Crippen LogP contribution < -0.4 is 4.74 Å². The van der Waals surface area contributed by atoms with Crippen molar-refractivity contribution in [2.45, 2.75) is 63.1 Å². The lowest BCUT2D eigenvalue weighted by Gasteiger charge is -2.37. The summed E-state index contributed by atoms with van der Waals surface area (Å²) in [4.78, 5) is 20.6. The van der Waals surface area contributed by atoms with Crippen LogP contribution in [0, 0.1) is 0 Å². The van der Waals surface area contributed by atoms with E-state index in [1.54, 1.807) is 7.11 Å². The Kier molecular flexibility index (Phi) is 8.08. The lowest BCUT2D eigenvalue weighted by Crippen LogP contribution is -2.42. The third kappa shape index (κ3) is 5.37. The minimum absolute atomic E-state index is 0.142. The van der Waals surface area contributed by atoms with Crippen molar-refractivity contribution in [3.05, 3.63) is 77.9 Å². The minimum atomic E-state index is 0.142. The molecule has 3 aliphatic rings. The van der Waals surface area contributed by atoms with Crippen LogP contribution in [-0.2, 0) is 0 Å². The van der Waals surface area contributed by atoms with Crippen LogP contribution in [0.3, 0.4) is 0 Å². The molecule has 2 aromatic rings. The Balaban J connectivity index is 1.46. The second-order valence-corrected chi connectivity index (χ2v) is 10.7. The summed E-state index contributed by atoms with van der Waals surface area (Å²) < 4.78 is 5.61. The van der Waals surface area contributed by atoms with Crippen molar-refractivity contribution in [3.63, 3.8) is 0 Å². The highest BCUT2D eigenvalue weighted by molar-refractivity contribution is 5.94. The molecule has 1 amide bonds. The number of hydrogen-bond donors (Lipinski definition) is 0. The molecular formula is C31H41N3O2. The van der Waals surface area contributed by atoms with E-state index < -0.39 is 0 Å². The molecule has 0 aliphatic carbocycles. The van der Waals surface area contributed by atoms with Crippen molar-refractivity contribution < 1.29 is 9.53 Å². The molecule has 5 nitrogen and oxygen atoms in total. The quantitative estimate of drug-likeness (QED) is 0.482. The second kappa shape index (κ2) is 11.6. The highest BCUT2D eigenvalue weighted by Crippen LogP contribution is 2.41. The van der Waals surface area contributed by atoms with Crippen LogP contribution in [0.2, 0.25) is 0 Å². The van der Waals surface area contributed by atoms with Gasteiger partial charge in [0.25, 0.3) is 5.91 Å². The summed E-state index contributed by atoms with van der Waals surface area (Å²) in [6.45, 7) is 8.89. The number of nitrogens with zero attached hydrogens (tertiary/aromatic N) is 3. The minimum Gasteiger partial charge on any atom is -0.497 e. The monoisotopic (exact) mass is 487 g/mol. The average Bonchev–Trinajstić information content (AvgIpc) is 3.06. The Hall–Kier alpha value is -2.63. The number of benzene rings is 2. The molecule has 3 heterocycles. The molecule has 3 aliphatic heterocycles. The van der Waals surface area contributed by atoms with E-state index in [4.69, 9.17) is 4.74 Å². The fourth-order valence-electron chi connectivity index (χ4n) is 6.56. The summed E-state index contributed by atoms with van der Waals surface area (Å²) in [5.74, 6) is 1.07. The molecule has 3 saturated heterocycles. The Morgan fingerprint density at radius 2 is 1.72 bits per heavy atom. The van der Waals surface area contributed by atoms with Crippen molar-refractivity contribution in [2.24, 2.45) is 0 Å². The number of ether oxygens (including phenoxy) is 1. The molecule has 0 aromatic heterocycles.